The number of aromatic nitrogens is 1. The van der Waals surface area contributed by atoms with Gasteiger partial charge in [0.25, 0.3) is 0 Å². The molecular weight excluding hydrogens is 270 g/mol. The van der Waals surface area contributed by atoms with Crippen LogP contribution < -0.4 is 10.6 Å². The molecule has 1 fully saturated rings. The van der Waals surface area contributed by atoms with Gasteiger partial charge in [0.15, 0.2) is 5.11 Å². The number of thiocarbonyl (C=S) groups is 1. The Kier molecular flexibility index (Phi) is 3.69. The van der Waals surface area contributed by atoms with Crippen molar-refractivity contribution in [3.63, 3.8) is 0 Å². The number of hydrogen-bond donors (Lipinski definition) is 2. The SMILES string of the molecule is S=C(Nc1ccncc1)NC1(c2ccco2)CCCC1. The fourth-order valence-corrected chi connectivity index (χ4v) is 3.09. The topological polar surface area (TPSA) is 50.1 Å². The maximum Gasteiger partial charge on any atom is 0.171 e. The van der Waals surface area contributed by atoms with Gasteiger partial charge in [0.2, 0.25) is 0 Å². The Morgan fingerprint density at radius 1 is 1.20 bits per heavy atom. The molecule has 2 N–H and O–H groups in total. The third-order valence-electron chi connectivity index (χ3n) is 3.74. The molecule has 0 atom stereocenters. The van der Waals surface area contributed by atoms with Gasteiger partial charge in [-0.25, -0.2) is 0 Å². The van der Waals surface area contributed by atoms with E-state index in [1.807, 2.05) is 24.3 Å². The first-order valence-electron chi connectivity index (χ1n) is 6.82. The van der Waals surface area contributed by atoms with Crippen LogP contribution >= 0.6 is 12.2 Å². The van der Waals surface area contributed by atoms with Crippen LogP contribution in [0.1, 0.15) is 31.4 Å². The van der Waals surface area contributed by atoms with Crippen molar-refractivity contribution in [1.82, 2.24) is 10.3 Å². The third kappa shape index (κ3) is 2.67. The highest BCUT2D eigenvalue weighted by molar-refractivity contribution is 7.80. The molecule has 20 heavy (non-hydrogen) atoms. The first-order chi connectivity index (χ1) is 9.78. The Morgan fingerprint density at radius 3 is 2.60 bits per heavy atom. The molecule has 5 heteroatoms. The highest BCUT2D eigenvalue weighted by Crippen LogP contribution is 2.38. The largest absolute Gasteiger partial charge is 0.467 e. The smallest absolute Gasteiger partial charge is 0.171 e. The molecule has 1 saturated carbocycles. The highest BCUT2D eigenvalue weighted by atomic mass is 32.1. The summed E-state index contributed by atoms with van der Waals surface area (Å²) < 4.78 is 5.61. The summed E-state index contributed by atoms with van der Waals surface area (Å²) in [6, 6.07) is 7.73. The fraction of sp³-hybridized carbons (Fsp3) is 0.333. The molecule has 0 amide bonds. The van der Waals surface area contributed by atoms with Crippen LogP contribution in [-0.2, 0) is 5.54 Å². The molecule has 0 radical (unpaired) electrons. The van der Waals surface area contributed by atoms with E-state index >= 15 is 0 Å². The minimum Gasteiger partial charge on any atom is -0.467 e. The first kappa shape index (κ1) is 13.1. The Morgan fingerprint density at radius 2 is 1.95 bits per heavy atom. The molecule has 0 saturated heterocycles. The van der Waals surface area contributed by atoms with E-state index in [1.165, 1.54) is 12.8 Å². The summed E-state index contributed by atoms with van der Waals surface area (Å²) in [5.41, 5.74) is 0.769. The number of hydrogen-bond acceptors (Lipinski definition) is 3. The van der Waals surface area contributed by atoms with Crippen molar-refractivity contribution in [1.29, 1.82) is 0 Å². The van der Waals surface area contributed by atoms with Crippen molar-refractivity contribution >= 4 is 23.0 Å². The Bertz CT molecular complexity index is 562. The summed E-state index contributed by atoms with van der Waals surface area (Å²) in [5.74, 6) is 0.967. The molecule has 0 unspecified atom stereocenters. The van der Waals surface area contributed by atoms with Crippen LogP contribution in [0, 0.1) is 0 Å². The number of pyridine rings is 1. The van der Waals surface area contributed by atoms with Gasteiger partial charge in [-0.05, 0) is 49.3 Å². The lowest BCUT2D eigenvalue weighted by atomic mass is 9.94. The predicted octanol–water partition coefficient (Wildman–Crippen LogP) is 3.43. The van der Waals surface area contributed by atoms with Gasteiger partial charge in [-0.15, -0.1) is 0 Å². The zero-order chi connectivity index (χ0) is 13.8. The van der Waals surface area contributed by atoms with Crippen LogP contribution in [-0.4, -0.2) is 10.1 Å². The van der Waals surface area contributed by atoms with Crippen molar-refractivity contribution in [2.45, 2.75) is 31.2 Å². The summed E-state index contributed by atoms with van der Waals surface area (Å²) in [6.07, 6.45) is 9.65. The summed E-state index contributed by atoms with van der Waals surface area (Å²) in [4.78, 5) is 3.99. The molecule has 1 aliphatic rings. The molecular formula is C15H17N3OS. The summed E-state index contributed by atoms with van der Waals surface area (Å²) in [7, 11) is 0. The average molecular weight is 287 g/mol. The normalized spacial score (nSPS) is 16.8. The fourth-order valence-electron chi connectivity index (χ4n) is 2.78. The van der Waals surface area contributed by atoms with E-state index in [9.17, 15) is 0 Å². The minimum absolute atomic E-state index is 0.166. The van der Waals surface area contributed by atoms with Gasteiger partial charge >= 0.3 is 0 Å². The second-order valence-corrected chi connectivity index (χ2v) is 5.49. The van der Waals surface area contributed by atoms with E-state index in [4.69, 9.17) is 16.6 Å². The van der Waals surface area contributed by atoms with Crippen LogP contribution in [0.15, 0.2) is 47.3 Å². The molecule has 0 aromatic carbocycles. The van der Waals surface area contributed by atoms with Gasteiger partial charge in [-0.1, -0.05) is 12.8 Å². The number of anilines is 1. The van der Waals surface area contributed by atoms with Gasteiger partial charge in [0, 0.05) is 18.1 Å². The predicted molar refractivity (Wildman–Crippen MR) is 82.4 cm³/mol. The Balaban J connectivity index is 1.73. The van der Waals surface area contributed by atoms with Crippen LogP contribution in [0.3, 0.4) is 0 Å². The molecule has 104 valence electrons. The first-order valence-corrected chi connectivity index (χ1v) is 7.23. The number of rotatable bonds is 3. The standard InChI is InChI=1S/C15H17N3OS/c20-14(17-12-5-9-16-10-6-12)18-15(7-1-2-8-15)13-4-3-11-19-13/h3-6,9-11H,1-2,7-8H2,(H2,16,17,18,20). The molecule has 0 bridgehead atoms. The molecule has 1 aliphatic carbocycles. The van der Waals surface area contributed by atoms with Gasteiger partial charge in [0.1, 0.15) is 5.76 Å². The summed E-state index contributed by atoms with van der Waals surface area (Å²) in [5, 5.41) is 7.26. The Hall–Kier alpha value is -1.88. The highest BCUT2D eigenvalue weighted by Gasteiger charge is 2.38. The molecule has 2 heterocycles. The van der Waals surface area contributed by atoms with Crippen LogP contribution in [0.2, 0.25) is 0 Å². The van der Waals surface area contributed by atoms with E-state index in [2.05, 4.69) is 15.6 Å². The van der Waals surface area contributed by atoms with E-state index < -0.39 is 0 Å². The van der Waals surface area contributed by atoms with Crippen molar-refractivity contribution in [3.8, 4) is 0 Å². The third-order valence-corrected chi connectivity index (χ3v) is 3.95. The van der Waals surface area contributed by atoms with E-state index in [0.717, 1.165) is 24.3 Å². The summed E-state index contributed by atoms with van der Waals surface area (Å²) in [6.45, 7) is 0. The summed E-state index contributed by atoms with van der Waals surface area (Å²) >= 11 is 5.43. The van der Waals surface area contributed by atoms with Gasteiger partial charge in [-0.3, -0.25) is 4.98 Å². The zero-order valence-corrected chi connectivity index (χ0v) is 12.0. The van der Waals surface area contributed by atoms with E-state index in [1.54, 1.807) is 18.7 Å². The average Bonchev–Trinajstić information content (AvgIpc) is 3.10. The van der Waals surface area contributed by atoms with Gasteiger partial charge in [-0.2, -0.15) is 0 Å². The lowest BCUT2D eigenvalue weighted by Gasteiger charge is -2.29. The quantitative estimate of drug-likeness (QED) is 0.847. The van der Waals surface area contributed by atoms with Crippen LogP contribution in [0.5, 0.6) is 0 Å². The van der Waals surface area contributed by atoms with Crippen molar-refractivity contribution in [2.75, 3.05) is 5.32 Å². The second-order valence-electron chi connectivity index (χ2n) is 5.08. The van der Waals surface area contributed by atoms with Crippen LogP contribution in [0.4, 0.5) is 5.69 Å². The van der Waals surface area contributed by atoms with E-state index in [0.29, 0.717) is 5.11 Å². The number of furan rings is 1. The maximum atomic E-state index is 5.61. The minimum atomic E-state index is -0.166. The van der Waals surface area contributed by atoms with Crippen molar-refractivity contribution in [2.24, 2.45) is 0 Å². The number of nitrogens with one attached hydrogen (secondary N) is 2. The van der Waals surface area contributed by atoms with Gasteiger partial charge < -0.3 is 15.1 Å². The molecule has 3 rings (SSSR count). The molecule has 0 spiro atoms. The van der Waals surface area contributed by atoms with Crippen LogP contribution in [0.25, 0.3) is 0 Å². The molecule has 2 aromatic heterocycles. The lowest BCUT2D eigenvalue weighted by molar-refractivity contribution is 0.317. The lowest BCUT2D eigenvalue weighted by Crippen LogP contribution is -2.45. The number of nitrogens with zero attached hydrogens (tertiary/aromatic N) is 1. The second kappa shape index (κ2) is 5.63. The zero-order valence-electron chi connectivity index (χ0n) is 11.1. The molecule has 4 nitrogen and oxygen atoms in total. The molecule has 0 aliphatic heterocycles. The monoisotopic (exact) mass is 287 g/mol. The Labute approximate surface area is 123 Å². The van der Waals surface area contributed by atoms with Crippen molar-refractivity contribution in [3.05, 3.63) is 48.7 Å². The van der Waals surface area contributed by atoms with Gasteiger partial charge in [0.05, 0.1) is 11.8 Å². The molecule has 2 aromatic rings. The van der Waals surface area contributed by atoms with Crippen molar-refractivity contribution < 1.29 is 4.42 Å². The maximum absolute atomic E-state index is 5.61. The van der Waals surface area contributed by atoms with E-state index in [-0.39, 0.29) is 5.54 Å².